The summed E-state index contributed by atoms with van der Waals surface area (Å²) in [6.07, 6.45) is 0. The Bertz CT molecular complexity index is 558. The number of halogens is 3. The third-order valence-electron chi connectivity index (χ3n) is 2.79. The van der Waals surface area contributed by atoms with Crippen molar-refractivity contribution in [3.05, 3.63) is 29.3 Å². The number of nitrogens with zero attached hydrogens (tertiary/aromatic N) is 1. The van der Waals surface area contributed by atoms with E-state index in [9.17, 15) is 22.8 Å². The molecule has 0 aliphatic heterocycles. The lowest BCUT2D eigenvalue weighted by Crippen LogP contribution is -2.33. The maximum Gasteiger partial charge on any atom is 0.283 e. The van der Waals surface area contributed by atoms with E-state index in [1.165, 1.54) is 7.11 Å². The second-order valence-corrected chi connectivity index (χ2v) is 4.92. The van der Waals surface area contributed by atoms with Gasteiger partial charge in [0.15, 0.2) is 5.67 Å². The molecule has 8 heteroatoms. The average molecular weight is 318 g/mol. The number of anilines is 1. The minimum absolute atomic E-state index is 0.0861. The van der Waals surface area contributed by atoms with Crippen LogP contribution in [0.3, 0.4) is 0 Å². The summed E-state index contributed by atoms with van der Waals surface area (Å²) in [6, 6.07) is 1.48. The van der Waals surface area contributed by atoms with Gasteiger partial charge in [0, 0.05) is 12.2 Å². The fraction of sp³-hybridized carbons (Fsp3) is 0.429. The summed E-state index contributed by atoms with van der Waals surface area (Å²) in [6.45, 7) is 3.66. The maximum absolute atomic E-state index is 14.0. The van der Waals surface area contributed by atoms with E-state index in [4.69, 9.17) is 4.84 Å². The van der Waals surface area contributed by atoms with Crippen LogP contribution in [-0.4, -0.2) is 36.2 Å². The fourth-order valence-corrected chi connectivity index (χ4v) is 1.61. The van der Waals surface area contributed by atoms with Crippen LogP contribution in [0.25, 0.3) is 0 Å². The second kappa shape index (κ2) is 6.78. The van der Waals surface area contributed by atoms with Gasteiger partial charge in [-0.2, -0.15) is 0 Å². The van der Waals surface area contributed by atoms with Gasteiger partial charge in [-0.15, -0.1) is 0 Å². The van der Waals surface area contributed by atoms with Crippen molar-refractivity contribution < 1.29 is 27.6 Å². The normalized spacial score (nSPS) is 11.2. The Hall–Kier alpha value is -2.09. The van der Waals surface area contributed by atoms with Crippen molar-refractivity contribution in [3.63, 3.8) is 0 Å². The second-order valence-electron chi connectivity index (χ2n) is 4.92. The molecule has 22 heavy (non-hydrogen) atoms. The molecule has 122 valence electrons. The first-order chi connectivity index (χ1) is 10.1. The van der Waals surface area contributed by atoms with Gasteiger partial charge < -0.3 is 5.32 Å². The van der Waals surface area contributed by atoms with Crippen LogP contribution in [-0.2, 0) is 9.63 Å². The van der Waals surface area contributed by atoms with Crippen molar-refractivity contribution >= 4 is 17.5 Å². The summed E-state index contributed by atoms with van der Waals surface area (Å²) < 4.78 is 41.3. The van der Waals surface area contributed by atoms with Crippen LogP contribution < -0.4 is 5.32 Å². The van der Waals surface area contributed by atoms with Crippen molar-refractivity contribution in [1.82, 2.24) is 5.06 Å². The van der Waals surface area contributed by atoms with E-state index in [1.54, 1.807) is 6.92 Å². The molecule has 1 aromatic rings. The summed E-state index contributed by atoms with van der Waals surface area (Å²) in [4.78, 5) is 28.1. The van der Waals surface area contributed by atoms with E-state index in [0.29, 0.717) is 0 Å². The first-order valence-electron chi connectivity index (χ1n) is 6.47. The van der Waals surface area contributed by atoms with Gasteiger partial charge in [0.25, 0.3) is 11.8 Å². The molecule has 0 bridgehead atoms. The SMILES string of the molecule is CCN(OC)C(=O)c1c(F)cc(NC(=O)C(C)(C)F)cc1F. The number of hydroxylamine groups is 2. The lowest BCUT2D eigenvalue weighted by atomic mass is 10.1. The Morgan fingerprint density at radius 3 is 2.14 bits per heavy atom. The molecule has 0 heterocycles. The minimum Gasteiger partial charge on any atom is -0.323 e. The Morgan fingerprint density at radius 1 is 1.27 bits per heavy atom. The summed E-state index contributed by atoms with van der Waals surface area (Å²) in [5, 5.41) is 2.81. The van der Waals surface area contributed by atoms with Crippen LogP contribution in [0, 0.1) is 11.6 Å². The van der Waals surface area contributed by atoms with Crippen molar-refractivity contribution in [2.75, 3.05) is 19.0 Å². The van der Waals surface area contributed by atoms with E-state index in [1.807, 2.05) is 5.32 Å². The van der Waals surface area contributed by atoms with Crippen molar-refractivity contribution in [2.45, 2.75) is 26.4 Å². The highest BCUT2D eigenvalue weighted by atomic mass is 19.1. The zero-order chi connectivity index (χ0) is 17.1. The van der Waals surface area contributed by atoms with Gasteiger partial charge in [-0.1, -0.05) is 0 Å². The zero-order valence-corrected chi connectivity index (χ0v) is 12.7. The summed E-state index contributed by atoms with van der Waals surface area (Å²) in [7, 11) is 1.19. The number of carbonyl (C=O) groups excluding carboxylic acids is 2. The molecular formula is C14H17F3N2O3. The Morgan fingerprint density at radius 2 is 1.77 bits per heavy atom. The third-order valence-corrected chi connectivity index (χ3v) is 2.79. The quantitative estimate of drug-likeness (QED) is 0.849. The molecule has 0 aromatic heterocycles. The number of rotatable bonds is 5. The molecular weight excluding hydrogens is 301 g/mol. The predicted octanol–water partition coefficient (Wildman–Crippen LogP) is 2.67. The van der Waals surface area contributed by atoms with Gasteiger partial charge in [-0.3, -0.25) is 14.4 Å². The maximum atomic E-state index is 14.0. The van der Waals surface area contributed by atoms with E-state index < -0.39 is 34.7 Å². The largest absolute Gasteiger partial charge is 0.323 e. The first-order valence-corrected chi connectivity index (χ1v) is 6.47. The highest BCUT2D eigenvalue weighted by Crippen LogP contribution is 2.22. The topological polar surface area (TPSA) is 58.6 Å². The highest BCUT2D eigenvalue weighted by Gasteiger charge is 2.28. The fourth-order valence-electron chi connectivity index (χ4n) is 1.61. The van der Waals surface area contributed by atoms with Gasteiger partial charge in [0.1, 0.15) is 17.2 Å². The number of carbonyl (C=O) groups is 2. The summed E-state index contributed by atoms with van der Waals surface area (Å²) >= 11 is 0. The zero-order valence-electron chi connectivity index (χ0n) is 12.7. The van der Waals surface area contributed by atoms with E-state index in [0.717, 1.165) is 31.0 Å². The van der Waals surface area contributed by atoms with E-state index >= 15 is 0 Å². The molecule has 0 saturated carbocycles. The van der Waals surface area contributed by atoms with Crippen LogP contribution in [0.5, 0.6) is 0 Å². The lowest BCUT2D eigenvalue weighted by Gasteiger charge is -2.19. The van der Waals surface area contributed by atoms with E-state index in [-0.39, 0.29) is 12.2 Å². The molecule has 1 N–H and O–H groups in total. The number of hydrogen-bond acceptors (Lipinski definition) is 3. The Labute approximate surface area is 126 Å². The number of benzene rings is 1. The van der Waals surface area contributed by atoms with Crippen LogP contribution >= 0.6 is 0 Å². The van der Waals surface area contributed by atoms with Crippen LogP contribution in [0.2, 0.25) is 0 Å². The molecule has 0 saturated heterocycles. The first kappa shape index (κ1) is 18.0. The number of alkyl halides is 1. The molecule has 0 aliphatic carbocycles. The van der Waals surface area contributed by atoms with Crippen molar-refractivity contribution in [3.8, 4) is 0 Å². The molecule has 1 rings (SSSR count). The van der Waals surface area contributed by atoms with Crippen LogP contribution in [0.1, 0.15) is 31.1 Å². The van der Waals surface area contributed by atoms with Crippen molar-refractivity contribution in [1.29, 1.82) is 0 Å². The molecule has 2 amide bonds. The summed E-state index contributed by atoms with van der Waals surface area (Å²) in [5.41, 5.74) is -3.32. The molecule has 1 aromatic carbocycles. The monoisotopic (exact) mass is 318 g/mol. The summed E-state index contributed by atoms with van der Waals surface area (Å²) in [5.74, 6) is -4.43. The van der Waals surface area contributed by atoms with Crippen LogP contribution in [0.4, 0.5) is 18.9 Å². The molecule has 0 radical (unpaired) electrons. The Balaban J connectivity index is 3.13. The predicted molar refractivity (Wildman–Crippen MR) is 73.9 cm³/mol. The Kier molecular flexibility index (Phi) is 5.54. The van der Waals surface area contributed by atoms with Gasteiger partial charge in [-0.25, -0.2) is 18.2 Å². The van der Waals surface area contributed by atoms with E-state index in [2.05, 4.69) is 0 Å². The number of nitrogens with one attached hydrogen (secondary N) is 1. The molecule has 0 unspecified atom stereocenters. The van der Waals surface area contributed by atoms with Gasteiger partial charge >= 0.3 is 0 Å². The third kappa shape index (κ3) is 3.97. The highest BCUT2D eigenvalue weighted by molar-refractivity contribution is 5.98. The number of amides is 2. The van der Waals surface area contributed by atoms with Crippen molar-refractivity contribution in [2.24, 2.45) is 0 Å². The smallest absolute Gasteiger partial charge is 0.283 e. The van der Waals surface area contributed by atoms with Gasteiger partial charge in [-0.05, 0) is 32.9 Å². The minimum atomic E-state index is -2.21. The van der Waals surface area contributed by atoms with Crippen LogP contribution in [0.15, 0.2) is 12.1 Å². The standard InChI is InChI=1S/C14H17F3N2O3/c1-5-19(22-4)12(20)11-9(15)6-8(7-10(11)16)18-13(21)14(2,3)17/h6-7H,5H2,1-4H3,(H,18,21). The molecule has 0 atom stereocenters. The lowest BCUT2D eigenvalue weighted by molar-refractivity contribution is -0.125. The molecule has 0 aliphatic rings. The molecule has 0 fully saturated rings. The molecule has 5 nitrogen and oxygen atoms in total. The van der Waals surface area contributed by atoms with Gasteiger partial charge in [0.05, 0.1) is 7.11 Å². The van der Waals surface area contributed by atoms with Gasteiger partial charge in [0.2, 0.25) is 0 Å². The average Bonchev–Trinajstić information content (AvgIpc) is 2.38. The molecule has 0 spiro atoms. The number of hydrogen-bond donors (Lipinski definition) is 1.